The highest BCUT2D eigenvalue weighted by Gasteiger charge is 2.15. The smallest absolute Gasteiger partial charge is 0.131 e. The van der Waals surface area contributed by atoms with Gasteiger partial charge in [-0.1, -0.05) is 42.5 Å². The van der Waals surface area contributed by atoms with Crippen LogP contribution in [0.4, 0.5) is 0 Å². The number of hydrogen-bond donors (Lipinski definition) is 1. The van der Waals surface area contributed by atoms with Crippen molar-refractivity contribution in [3.05, 3.63) is 70.5 Å². The molecule has 3 nitrogen and oxygen atoms in total. The van der Waals surface area contributed by atoms with Crippen LogP contribution in [0.5, 0.6) is 5.75 Å². The van der Waals surface area contributed by atoms with Crippen molar-refractivity contribution in [2.24, 2.45) is 0 Å². The standard InChI is InChI=1S/C17H15NO2S/c1-20-14-9-7-13(8-10-14)16(19)17-18-15(11-21-17)12-5-3-2-4-6-12/h2-11,16,19H,1H3. The van der Waals surface area contributed by atoms with Crippen molar-refractivity contribution in [2.75, 3.05) is 7.11 Å². The van der Waals surface area contributed by atoms with Gasteiger partial charge in [0.1, 0.15) is 16.9 Å². The van der Waals surface area contributed by atoms with Crippen LogP contribution < -0.4 is 4.74 Å². The maximum absolute atomic E-state index is 10.4. The molecular formula is C17H15NO2S. The number of aliphatic hydroxyl groups excluding tert-OH is 1. The van der Waals surface area contributed by atoms with Crippen molar-refractivity contribution >= 4 is 11.3 Å². The number of methoxy groups -OCH3 is 1. The van der Waals surface area contributed by atoms with Crippen molar-refractivity contribution < 1.29 is 9.84 Å². The molecule has 0 amide bonds. The zero-order chi connectivity index (χ0) is 14.7. The van der Waals surface area contributed by atoms with Crippen LogP contribution in [-0.4, -0.2) is 17.2 Å². The van der Waals surface area contributed by atoms with Crippen LogP contribution in [0.3, 0.4) is 0 Å². The van der Waals surface area contributed by atoms with Crippen LogP contribution in [0.2, 0.25) is 0 Å². The average molecular weight is 297 g/mol. The fourth-order valence-corrected chi connectivity index (χ4v) is 2.92. The van der Waals surface area contributed by atoms with E-state index in [0.717, 1.165) is 22.6 Å². The predicted molar refractivity (Wildman–Crippen MR) is 84.6 cm³/mol. The topological polar surface area (TPSA) is 42.4 Å². The van der Waals surface area contributed by atoms with Crippen molar-refractivity contribution in [3.8, 4) is 17.0 Å². The van der Waals surface area contributed by atoms with E-state index in [4.69, 9.17) is 4.74 Å². The molecule has 3 rings (SSSR count). The third-order valence-corrected chi connectivity index (χ3v) is 4.15. The molecule has 0 fully saturated rings. The Morgan fingerprint density at radius 3 is 2.43 bits per heavy atom. The molecule has 106 valence electrons. The van der Waals surface area contributed by atoms with Crippen molar-refractivity contribution in [1.82, 2.24) is 4.98 Å². The number of ether oxygens (including phenoxy) is 1. The van der Waals surface area contributed by atoms with Gasteiger partial charge in [-0.05, 0) is 17.7 Å². The number of benzene rings is 2. The first kappa shape index (κ1) is 13.8. The summed E-state index contributed by atoms with van der Waals surface area (Å²) in [5, 5.41) is 13.1. The molecule has 1 aromatic heterocycles. The first-order chi connectivity index (χ1) is 10.3. The largest absolute Gasteiger partial charge is 0.497 e. The number of hydrogen-bond acceptors (Lipinski definition) is 4. The molecule has 21 heavy (non-hydrogen) atoms. The van der Waals surface area contributed by atoms with E-state index in [0.29, 0.717) is 5.01 Å². The first-order valence-electron chi connectivity index (χ1n) is 6.61. The summed E-state index contributed by atoms with van der Waals surface area (Å²) in [7, 11) is 1.62. The molecule has 0 saturated carbocycles. The fraction of sp³-hybridized carbons (Fsp3) is 0.118. The van der Waals surface area contributed by atoms with Crippen molar-refractivity contribution in [1.29, 1.82) is 0 Å². The molecule has 1 unspecified atom stereocenters. The van der Waals surface area contributed by atoms with Gasteiger partial charge in [-0.15, -0.1) is 11.3 Å². The average Bonchev–Trinajstić information content (AvgIpc) is 3.05. The van der Waals surface area contributed by atoms with E-state index in [1.165, 1.54) is 11.3 Å². The monoisotopic (exact) mass is 297 g/mol. The van der Waals surface area contributed by atoms with Crippen LogP contribution in [0.1, 0.15) is 16.7 Å². The van der Waals surface area contributed by atoms with E-state index >= 15 is 0 Å². The summed E-state index contributed by atoms with van der Waals surface area (Å²) >= 11 is 1.46. The minimum absolute atomic E-state index is 0.694. The normalized spacial score (nSPS) is 12.1. The molecule has 3 aromatic rings. The Bertz CT molecular complexity index is 707. The van der Waals surface area contributed by atoms with Gasteiger partial charge in [-0.25, -0.2) is 4.98 Å². The molecule has 0 aliphatic carbocycles. The molecule has 0 saturated heterocycles. The summed E-state index contributed by atoms with van der Waals surface area (Å²) in [5.74, 6) is 0.773. The molecule has 0 bridgehead atoms. The minimum atomic E-state index is -0.710. The van der Waals surface area contributed by atoms with Crippen LogP contribution in [0.25, 0.3) is 11.3 Å². The Morgan fingerprint density at radius 1 is 1.05 bits per heavy atom. The maximum Gasteiger partial charge on any atom is 0.131 e. The third kappa shape index (κ3) is 2.96. The molecule has 1 heterocycles. The number of rotatable bonds is 4. The lowest BCUT2D eigenvalue weighted by Gasteiger charge is -2.08. The molecule has 2 aromatic carbocycles. The quantitative estimate of drug-likeness (QED) is 0.794. The summed E-state index contributed by atoms with van der Waals surface area (Å²) in [6.07, 6.45) is -0.710. The van der Waals surface area contributed by atoms with Crippen LogP contribution in [0, 0.1) is 0 Å². The Balaban J connectivity index is 1.85. The Labute approximate surface area is 127 Å². The number of nitrogens with zero attached hydrogens (tertiary/aromatic N) is 1. The third-order valence-electron chi connectivity index (χ3n) is 3.26. The van der Waals surface area contributed by atoms with E-state index in [-0.39, 0.29) is 0 Å². The Kier molecular flexibility index (Phi) is 3.99. The number of aliphatic hydroxyl groups is 1. The van der Waals surface area contributed by atoms with Gasteiger partial charge in [0.2, 0.25) is 0 Å². The second-order valence-electron chi connectivity index (χ2n) is 4.61. The predicted octanol–water partition coefficient (Wildman–Crippen LogP) is 3.90. The molecule has 0 aliphatic heterocycles. The van der Waals surface area contributed by atoms with Gasteiger partial charge in [0, 0.05) is 10.9 Å². The summed E-state index contributed by atoms with van der Waals surface area (Å²) in [4.78, 5) is 4.54. The van der Waals surface area contributed by atoms with Gasteiger partial charge in [-0.2, -0.15) is 0 Å². The maximum atomic E-state index is 10.4. The summed E-state index contributed by atoms with van der Waals surface area (Å²) in [6.45, 7) is 0. The Hall–Kier alpha value is -2.17. The van der Waals surface area contributed by atoms with E-state index in [2.05, 4.69) is 4.98 Å². The lowest BCUT2D eigenvalue weighted by atomic mass is 10.1. The molecule has 1 N–H and O–H groups in total. The Morgan fingerprint density at radius 2 is 1.76 bits per heavy atom. The molecule has 0 radical (unpaired) electrons. The highest BCUT2D eigenvalue weighted by Crippen LogP contribution is 2.29. The first-order valence-corrected chi connectivity index (χ1v) is 7.49. The summed E-state index contributed by atoms with van der Waals surface area (Å²) in [6, 6.07) is 17.3. The van der Waals surface area contributed by atoms with Crippen LogP contribution in [-0.2, 0) is 0 Å². The highest BCUT2D eigenvalue weighted by atomic mass is 32.1. The van der Waals surface area contributed by atoms with Crippen molar-refractivity contribution in [3.63, 3.8) is 0 Å². The van der Waals surface area contributed by atoms with E-state index in [9.17, 15) is 5.11 Å². The lowest BCUT2D eigenvalue weighted by molar-refractivity contribution is 0.220. The van der Waals surface area contributed by atoms with Gasteiger partial charge < -0.3 is 9.84 Å². The zero-order valence-corrected chi connectivity index (χ0v) is 12.4. The second kappa shape index (κ2) is 6.08. The van der Waals surface area contributed by atoms with Gasteiger partial charge in [0.15, 0.2) is 0 Å². The van der Waals surface area contributed by atoms with Crippen LogP contribution in [0.15, 0.2) is 60.0 Å². The number of thiazole rings is 1. The summed E-state index contributed by atoms with van der Waals surface area (Å²) < 4.78 is 5.12. The molecular weight excluding hydrogens is 282 g/mol. The second-order valence-corrected chi connectivity index (χ2v) is 5.50. The van der Waals surface area contributed by atoms with Crippen LogP contribution >= 0.6 is 11.3 Å². The fourth-order valence-electron chi connectivity index (χ4n) is 2.08. The highest BCUT2D eigenvalue weighted by molar-refractivity contribution is 7.10. The van der Waals surface area contributed by atoms with E-state index in [1.54, 1.807) is 7.11 Å². The number of aromatic nitrogens is 1. The summed E-state index contributed by atoms with van der Waals surface area (Å²) in [5.41, 5.74) is 2.76. The van der Waals surface area contributed by atoms with Gasteiger partial charge in [0.25, 0.3) is 0 Å². The zero-order valence-electron chi connectivity index (χ0n) is 11.6. The molecule has 4 heteroatoms. The minimum Gasteiger partial charge on any atom is -0.497 e. The molecule has 0 aliphatic rings. The van der Waals surface area contributed by atoms with Crippen molar-refractivity contribution in [2.45, 2.75) is 6.10 Å². The van der Waals surface area contributed by atoms with E-state index < -0.39 is 6.10 Å². The van der Waals surface area contributed by atoms with E-state index in [1.807, 2.05) is 60.0 Å². The molecule has 0 spiro atoms. The van der Waals surface area contributed by atoms with Gasteiger partial charge in [0.05, 0.1) is 12.8 Å². The SMILES string of the molecule is COc1ccc(C(O)c2nc(-c3ccccc3)cs2)cc1. The lowest BCUT2D eigenvalue weighted by Crippen LogP contribution is -1.99. The molecule has 1 atom stereocenters. The van der Waals surface area contributed by atoms with Gasteiger partial charge >= 0.3 is 0 Å². The van der Waals surface area contributed by atoms with Gasteiger partial charge in [-0.3, -0.25) is 0 Å².